The molecule has 0 aromatic carbocycles. The summed E-state index contributed by atoms with van der Waals surface area (Å²) in [6.07, 6.45) is 0.271. The fourth-order valence-corrected chi connectivity index (χ4v) is 1.71. The molecule has 1 heterocycles. The molecule has 0 saturated heterocycles. The van der Waals surface area contributed by atoms with Crippen LogP contribution < -0.4 is 16.0 Å². The van der Waals surface area contributed by atoms with E-state index in [1.165, 1.54) is 0 Å². The molecule has 1 aromatic rings. The summed E-state index contributed by atoms with van der Waals surface area (Å²) in [7, 11) is 1.75. The van der Waals surface area contributed by atoms with Gasteiger partial charge in [-0.2, -0.15) is 0 Å². The van der Waals surface area contributed by atoms with E-state index in [9.17, 15) is 9.59 Å². The summed E-state index contributed by atoms with van der Waals surface area (Å²) in [5, 5.41) is 8.40. The zero-order chi connectivity index (χ0) is 15.1. The lowest BCUT2D eigenvalue weighted by molar-refractivity contribution is -0.121. The zero-order valence-electron chi connectivity index (χ0n) is 12.4. The van der Waals surface area contributed by atoms with Gasteiger partial charge in [-0.25, -0.2) is 4.98 Å². The van der Waals surface area contributed by atoms with E-state index in [1.54, 1.807) is 19.2 Å². The lowest BCUT2D eigenvalue weighted by atomic mass is 10.2. The number of hydrogen-bond donors (Lipinski definition) is 3. The monoisotopic (exact) mass is 278 g/mol. The summed E-state index contributed by atoms with van der Waals surface area (Å²) >= 11 is 0. The third-order valence-corrected chi connectivity index (χ3v) is 2.56. The molecule has 0 bridgehead atoms. The van der Waals surface area contributed by atoms with Crippen LogP contribution in [0.25, 0.3) is 0 Å². The standard InChI is InChI=1S/C14H22N4O2/c1-9(2)17-13(19)5-6-16-14(20)11-7-10(3)18-12(8-11)15-4/h7-9H,5-6H2,1-4H3,(H,15,18)(H,16,20)(H,17,19). The number of aryl methyl sites for hydroxylation is 1. The average Bonchev–Trinajstić information content (AvgIpc) is 2.36. The largest absolute Gasteiger partial charge is 0.373 e. The maximum atomic E-state index is 12.0. The summed E-state index contributed by atoms with van der Waals surface area (Å²) in [5.74, 6) is 0.374. The van der Waals surface area contributed by atoms with Crippen LogP contribution in [0.1, 0.15) is 36.3 Å². The molecule has 0 aliphatic carbocycles. The Labute approximate surface area is 119 Å². The summed E-state index contributed by atoms with van der Waals surface area (Å²) in [4.78, 5) is 27.6. The first kappa shape index (κ1) is 15.9. The van der Waals surface area contributed by atoms with Crippen LogP contribution in [0.5, 0.6) is 0 Å². The normalized spacial score (nSPS) is 10.2. The lowest BCUT2D eigenvalue weighted by Gasteiger charge is -2.10. The van der Waals surface area contributed by atoms with Crippen LogP contribution in [0.3, 0.4) is 0 Å². The molecule has 6 heteroatoms. The maximum absolute atomic E-state index is 12.0. The molecule has 2 amide bonds. The van der Waals surface area contributed by atoms with E-state index in [0.29, 0.717) is 17.9 Å². The van der Waals surface area contributed by atoms with Crippen molar-refractivity contribution in [3.05, 3.63) is 23.4 Å². The number of hydrogen-bond acceptors (Lipinski definition) is 4. The van der Waals surface area contributed by atoms with E-state index in [0.717, 1.165) is 5.69 Å². The van der Waals surface area contributed by atoms with Gasteiger partial charge < -0.3 is 16.0 Å². The molecular weight excluding hydrogens is 256 g/mol. The van der Waals surface area contributed by atoms with Crippen LogP contribution in [0.2, 0.25) is 0 Å². The molecule has 1 rings (SSSR count). The van der Waals surface area contributed by atoms with Crippen molar-refractivity contribution in [2.75, 3.05) is 18.9 Å². The van der Waals surface area contributed by atoms with Gasteiger partial charge in [-0.3, -0.25) is 9.59 Å². The minimum atomic E-state index is -0.204. The van der Waals surface area contributed by atoms with Gasteiger partial charge in [0.1, 0.15) is 5.82 Å². The molecule has 1 aromatic heterocycles. The SMILES string of the molecule is CNc1cc(C(=O)NCCC(=O)NC(C)C)cc(C)n1. The van der Waals surface area contributed by atoms with Gasteiger partial charge in [-0.05, 0) is 32.9 Å². The van der Waals surface area contributed by atoms with E-state index in [-0.39, 0.29) is 24.3 Å². The van der Waals surface area contributed by atoms with E-state index >= 15 is 0 Å². The molecule has 110 valence electrons. The number of amides is 2. The van der Waals surface area contributed by atoms with Crippen molar-refractivity contribution in [3.63, 3.8) is 0 Å². The summed E-state index contributed by atoms with van der Waals surface area (Å²) in [6, 6.07) is 3.50. The van der Waals surface area contributed by atoms with E-state index in [2.05, 4.69) is 20.9 Å². The fraction of sp³-hybridized carbons (Fsp3) is 0.500. The van der Waals surface area contributed by atoms with Crippen LogP contribution >= 0.6 is 0 Å². The third-order valence-electron chi connectivity index (χ3n) is 2.56. The smallest absolute Gasteiger partial charge is 0.251 e. The summed E-state index contributed by atoms with van der Waals surface area (Å²) < 4.78 is 0. The number of nitrogens with one attached hydrogen (secondary N) is 3. The molecule has 0 aliphatic rings. The van der Waals surface area contributed by atoms with Gasteiger partial charge in [0.15, 0.2) is 0 Å². The number of aromatic nitrogens is 1. The Morgan fingerprint density at radius 3 is 2.60 bits per heavy atom. The Hall–Kier alpha value is -2.11. The topological polar surface area (TPSA) is 83.1 Å². The highest BCUT2D eigenvalue weighted by molar-refractivity contribution is 5.95. The molecule has 0 unspecified atom stereocenters. The van der Waals surface area contributed by atoms with Gasteiger partial charge in [-0.15, -0.1) is 0 Å². The highest BCUT2D eigenvalue weighted by atomic mass is 16.2. The average molecular weight is 278 g/mol. The first-order valence-electron chi connectivity index (χ1n) is 6.66. The predicted octanol–water partition coefficient (Wildman–Crippen LogP) is 1.08. The van der Waals surface area contributed by atoms with Gasteiger partial charge in [-0.1, -0.05) is 0 Å². The second kappa shape index (κ2) is 7.47. The van der Waals surface area contributed by atoms with Crippen molar-refractivity contribution in [1.29, 1.82) is 0 Å². The van der Waals surface area contributed by atoms with Gasteiger partial charge in [0.25, 0.3) is 5.91 Å². The predicted molar refractivity (Wildman–Crippen MR) is 78.7 cm³/mol. The zero-order valence-corrected chi connectivity index (χ0v) is 12.4. The minimum Gasteiger partial charge on any atom is -0.373 e. The Kier molecular flexibility index (Phi) is 5.96. The maximum Gasteiger partial charge on any atom is 0.251 e. The lowest BCUT2D eigenvalue weighted by Crippen LogP contribution is -2.34. The first-order valence-corrected chi connectivity index (χ1v) is 6.66. The number of carbonyl (C=O) groups excluding carboxylic acids is 2. The number of carbonyl (C=O) groups is 2. The van der Waals surface area contributed by atoms with Crippen molar-refractivity contribution in [1.82, 2.24) is 15.6 Å². The van der Waals surface area contributed by atoms with Gasteiger partial charge in [0, 0.05) is 37.3 Å². The number of rotatable bonds is 6. The number of pyridine rings is 1. The van der Waals surface area contributed by atoms with E-state index < -0.39 is 0 Å². The Morgan fingerprint density at radius 2 is 2.00 bits per heavy atom. The highest BCUT2D eigenvalue weighted by Crippen LogP contribution is 2.09. The van der Waals surface area contributed by atoms with Crippen molar-refractivity contribution in [3.8, 4) is 0 Å². The molecule has 3 N–H and O–H groups in total. The van der Waals surface area contributed by atoms with Gasteiger partial charge in [0.05, 0.1) is 0 Å². The second-order valence-corrected chi connectivity index (χ2v) is 4.86. The third kappa shape index (κ3) is 5.26. The molecule has 0 radical (unpaired) electrons. The van der Waals surface area contributed by atoms with Crippen LogP contribution in [0.4, 0.5) is 5.82 Å². The van der Waals surface area contributed by atoms with Crippen LogP contribution in [0.15, 0.2) is 12.1 Å². The van der Waals surface area contributed by atoms with Crippen molar-refractivity contribution in [2.24, 2.45) is 0 Å². The van der Waals surface area contributed by atoms with Crippen LogP contribution in [0, 0.1) is 6.92 Å². The highest BCUT2D eigenvalue weighted by Gasteiger charge is 2.09. The molecule has 0 spiro atoms. The van der Waals surface area contributed by atoms with Crippen LogP contribution in [-0.4, -0.2) is 36.4 Å². The summed E-state index contributed by atoms with van der Waals surface area (Å²) in [6.45, 7) is 5.94. The quantitative estimate of drug-likeness (QED) is 0.727. The summed E-state index contributed by atoms with van der Waals surface area (Å²) in [5.41, 5.74) is 1.30. The molecule has 20 heavy (non-hydrogen) atoms. The van der Waals surface area contributed by atoms with E-state index in [4.69, 9.17) is 0 Å². The van der Waals surface area contributed by atoms with Crippen molar-refractivity contribution in [2.45, 2.75) is 33.2 Å². The molecule has 0 atom stereocenters. The molecule has 0 aliphatic heterocycles. The molecular formula is C14H22N4O2. The Morgan fingerprint density at radius 1 is 1.30 bits per heavy atom. The fourth-order valence-electron chi connectivity index (χ4n) is 1.71. The van der Waals surface area contributed by atoms with Crippen molar-refractivity contribution < 1.29 is 9.59 Å². The molecule has 6 nitrogen and oxygen atoms in total. The number of nitrogens with zero attached hydrogens (tertiary/aromatic N) is 1. The number of anilines is 1. The van der Waals surface area contributed by atoms with Gasteiger partial charge in [0.2, 0.25) is 5.91 Å². The Balaban J connectivity index is 2.51. The minimum absolute atomic E-state index is 0.0675. The van der Waals surface area contributed by atoms with Gasteiger partial charge >= 0.3 is 0 Å². The Bertz CT molecular complexity index is 486. The van der Waals surface area contributed by atoms with Crippen LogP contribution in [-0.2, 0) is 4.79 Å². The molecule has 0 fully saturated rings. The molecule has 0 saturated carbocycles. The second-order valence-electron chi connectivity index (χ2n) is 4.86. The first-order chi connectivity index (χ1) is 9.42. The van der Waals surface area contributed by atoms with E-state index in [1.807, 2.05) is 20.8 Å². The van der Waals surface area contributed by atoms with Crippen molar-refractivity contribution >= 4 is 17.6 Å².